The summed E-state index contributed by atoms with van der Waals surface area (Å²) in [5.41, 5.74) is 3.45. The molecule has 1 aromatic heterocycles. The molecule has 0 unspecified atom stereocenters. The lowest BCUT2D eigenvalue weighted by molar-refractivity contribution is 0.0542. The zero-order chi connectivity index (χ0) is 29.9. The van der Waals surface area contributed by atoms with Gasteiger partial charge in [0.1, 0.15) is 17.5 Å². The number of methoxy groups -OCH3 is 1. The van der Waals surface area contributed by atoms with Crippen LogP contribution in [-0.2, 0) is 9.47 Å². The van der Waals surface area contributed by atoms with Gasteiger partial charge < -0.3 is 19.1 Å². The Kier molecular flexibility index (Phi) is 9.37. The molecule has 1 saturated heterocycles. The van der Waals surface area contributed by atoms with Crippen LogP contribution in [0.5, 0.6) is 5.75 Å². The average Bonchev–Trinajstić information content (AvgIpc) is 3.36. The second-order valence-electron chi connectivity index (χ2n) is 11.8. The van der Waals surface area contributed by atoms with Crippen LogP contribution in [0, 0.1) is 13.8 Å². The van der Waals surface area contributed by atoms with E-state index in [2.05, 4.69) is 4.90 Å². The number of alkyl halides is 2. The highest BCUT2D eigenvalue weighted by Gasteiger charge is 2.33. The highest BCUT2D eigenvalue weighted by molar-refractivity contribution is 5.96. The Hall–Kier alpha value is -3.46. The molecule has 0 spiro atoms. The second kappa shape index (κ2) is 12.6. The van der Waals surface area contributed by atoms with E-state index in [9.17, 15) is 18.4 Å². The molecular weight excluding hydrogens is 530 g/mol. The van der Waals surface area contributed by atoms with E-state index in [0.29, 0.717) is 37.2 Å². The molecule has 0 amide bonds. The minimum absolute atomic E-state index is 0.0642. The van der Waals surface area contributed by atoms with Crippen LogP contribution in [0.2, 0.25) is 0 Å². The quantitative estimate of drug-likeness (QED) is 0.269. The number of aryl methyl sites for hydroxylation is 2. The van der Waals surface area contributed by atoms with Gasteiger partial charge in [0.05, 0.1) is 18.2 Å². The molecule has 9 heteroatoms. The maximum Gasteiger partial charge on any atom is 0.419 e. The number of hydrogen-bond donors (Lipinski definition) is 0. The molecule has 0 bridgehead atoms. The lowest BCUT2D eigenvalue weighted by Gasteiger charge is -2.39. The predicted octanol–water partition coefficient (Wildman–Crippen LogP) is 7.11. The molecule has 1 fully saturated rings. The molecule has 4 rings (SSSR count). The van der Waals surface area contributed by atoms with Gasteiger partial charge in [-0.2, -0.15) is 0 Å². The fourth-order valence-corrected chi connectivity index (χ4v) is 5.58. The molecule has 1 aliphatic heterocycles. The summed E-state index contributed by atoms with van der Waals surface area (Å²) in [6, 6.07) is 11.2. The number of halogens is 2. The number of rotatable bonds is 8. The summed E-state index contributed by atoms with van der Waals surface area (Å²) in [4.78, 5) is 27.2. The van der Waals surface area contributed by atoms with Crippen molar-refractivity contribution in [2.45, 2.75) is 77.9 Å². The van der Waals surface area contributed by atoms with E-state index in [-0.39, 0.29) is 18.4 Å². The SMILES string of the molecule is COC(=O)c1ccc([C@@H]2CN(CCCC(F)F)CC[C@H]2Oc2c(C)cc(C)c3c2ccn3C(=O)OC(C)(C)C)cc1. The Bertz CT molecular complexity index is 1380. The van der Waals surface area contributed by atoms with Gasteiger partial charge in [-0.3, -0.25) is 4.57 Å². The van der Waals surface area contributed by atoms with Crippen LogP contribution in [-0.4, -0.2) is 66.4 Å². The highest BCUT2D eigenvalue weighted by atomic mass is 19.3. The van der Waals surface area contributed by atoms with Crippen LogP contribution in [0.25, 0.3) is 10.9 Å². The van der Waals surface area contributed by atoms with Crippen LogP contribution in [0.4, 0.5) is 13.6 Å². The number of carbonyl (C=O) groups excluding carboxylic acids is 2. The van der Waals surface area contributed by atoms with Crippen molar-refractivity contribution >= 4 is 23.0 Å². The van der Waals surface area contributed by atoms with E-state index in [4.69, 9.17) is 14.2 Å². The van der Waals surface area contributed by atoms with Gasteiger partial charge in [-0.15, -0.1) is 0 Å². The molecular formula is C32H40F2N2O5. The summed E-state index contributed by atoms with van der Waals surface area (Å²) in [6.07, 6.45) is -0.257. The molecule has 2 atom stereocenters. The van der Waals surface area contributed by atoms with E-state index in [1.165, 1.54) is 11.7 Å². The molecule has 0 saturated carbocycles. The normalized spacial score (nSPS) is 18.1. The largest absolute Gasteiger partial charge is 0.489 e. The monoisotopic (exact) mass is 570 g/mol. The first-order valence-corrected chi connectivity index (χ1v) is 14.1. The summed E-state index contributed by atoms with van der Waals surface area (Å²) >= 11 is 0. The molecule has 0 aliphatic carbocycles. The Balaban J connectivity index is 1.66. The van der Waals surface area contributed by atoms with Crippen molar-refractivity contribution in [1.29, 1.82) is 0 Å². The Morgan fingerprint density at radius 1 is 1.07 bits per heavy atom. The molecule has 41 heavy (non-hydrogen) atoms. The molecule has 222 valence electrons. The van der Waals surface area contributed by atoms with Crippen molar-refractivity contribution in [2.75, 3.05) is 26.7 Å². The number of likely N-dealkylation sites (tertiary alicyclic amines) is 1. The standard InChI is InChI=1S/C32H40F2N2O5/c1-20-18-21(2)29(24-13-17-36(28(20)24)31(38)41-32(3,4)5)40-26-14-16-35(15-7-8-27(33)34)19-25(26)22-9-11-23(12-10-22)30(37)39-6/h9-13,17-18,25-27H,7-8,14-16,19H2,1-6H3/t25-,26+/m0/s1. The fourth-order valence-electron chi connectivity index (χ4n) is 5.58. The molecule has 0 N–H and O–H groups in total. The van der Waals surface area contributed by atoms with E-state index >= 15 is 0 Å². The molecule has 3 aromatic rings. The summed E-state index contributed by atoms with van der Waals surface area (Å²) in [7, 11) is 1.35. The summed E-state index contributed by atoms with van der Waals surface area (Å²) in [5.74, 6) is 0.236. The Morgan fingerprint density at radius 2 is 1.78 bits per heavy atom. The third-order valence-corrected chi connectivity index (χ3v) is 7.45. The third-order valence-electron chi connectivity index (χ3n) is 7.45. The van der Waals surface area contributed by atoms with Crippen molar-refractivity contribution in [3.63, 3.8) is 0 Å². The number of carbonyl (C=O) groups is 2. The van der Waals surface area contributed by atoms with Crippen molar-refractivity contribution in [1.82, 2.24) is 9.47 Å². The lowest BCUT2D eigenvalue weighted by Crippen LogP contribution is -2.44. The number of ether oxygens (including phenoxy) is 3. The maximum absolute atomic E-state index is 13.0. The topological polar surface area (TPSA) is 70.0 Å². The fraction of sp³-hybridized carbons (Fsp3) is 0.500. The first kappa shape index (κ1) is 30.5. The summed E-state index contributed by atoms with van der Waals surface area (Å²) in [6.45, 7) is 11.4. The van der Waals surface area contributed by atoms with E-state index < -0.39 is 24.1 Å². The number of benzene rings is 2. The van der Waals surface area contributed by atoms with Gasteiger partial charge in [-0.25, -0.2) is 18.4 Å². The number of aromatic nitrogens is 1. The number of nitrogens with zero attached hydrogens (tertiary/aromatic N) is 2. The first-order chi connectivity index (χ1) is 19.4. The third kappa shape index (κ3) is 7.25. The predicted molar refractivity (Wildman–Crippen MR) is 154 cm³/mol. The Labute approximate surface area is 240 Å². The van der Waals surface area contributed by atoms with Gasteiger partial charge >= 0.3 is 12.1 Å². The van der Waals surface area contributed by atoms with Gasteiger partial charge in [0, 0.05) is 37.0 Å². The van der Waals surface area contributed by atoms with Crippen molar-refractivity contribution in [2.24, 2.45) is 0 Å². The molecule has 7 nitrogen and oxygen atoms in total. The van der Waals surface area contributed by atoms with Crippen LogP contribution in [0.15, 0.2) is 42.6 Å². The smallest absolute Gasteiger partial charge is 0.419 e. The molecule has 1 aliphatic rings. The summed E-state index contributed by atoms with van der Waals surface area (Å²) in [5, 5.41) is 0.826. The van der Waals surface area contributed by atoms with E-state index in [1.54, 1.807) is 18.3 Å². The van der Waals surface area contributed by atoms with Crippen LogP contribution in [0.1, 0.15) is 73.0 Å². The number of hydrogen-bond acceptors (Lipinski definition) is 6. The number of fused-ring (bicyclic) bond motifs is 1. The van der Waals surface area contributed by atoms with Gasteiger partial charge in [0.25, 0.3) is 0 Å². The lowest BCUT2D eigenvalue weighted by atomic mass is 9.87. The summed E-state index contributed by atoms with van der Waals surface area (Å²) < 4.78 is 44.4. The molecule has 0 radical (unpaired) electrons. The average molecular weight is 571 g/mol. The minimum atomic E-state index is -2.31. The van der Waals surface area contributed by atoms with Gasteiger partial charge in [-0.05, 0) is 88.9 Å². The van der Waals surface area contributed by atoms with Crippen molar-refractivity contribution in [3.05, 3.63) is 64.8 Å². The molecule has 2 aromatic carbocycles. The van der Waals surface area contributed by atoms with Crippen LogP contribution in [0.3, 0.4) is 0 Å². The van der Waals surface area contributed by atoms with Crippen molar-refractivity contribution in [3.8, 4) is 5.75 Å². The van der Waals surface area contributed by atoms with Crippen molar-refractivity contribution < 1.29 is 32.6 Å². The van der Waals surface area contributed by atoms with Gasteiger partial charge in [-0.1, -0.05) is 18.2 Å². The zero-order valence-corrected chi connectivity index (χ0v) is 24.7. The van der Waals surface area contributed by atoms with Gasteiger partial charge in [0.2, 0.25) is 6.43 Å². The van der Waals surface area contributed by atoms with E-state index in [1.807, 2.05) is 58.9 Å². The highest BCUT2D eigenvalue weighted by Crippen LogP contribution is 2.38. The first-order valence-electron chi connectivity index (χ1n) is 14.1. The molecule has 2 heterocycles. The number of esters is 1. The number of piperidine rings is 1. The Morgan fingerprint density at radius 3 is 2.41 bits per heavy atom. The second-order valence-corrected chi connectivity index (χ2v) is 11.8. The maximum atomic E-state index is 13.0. The van der Waals surface area contributed by atoms with Crippen LogP contribution < -0.4 is 4.74 Å². The minimum Gasteiger partial charge on any atom is -0.489 e. The van der Waals surface area contributed by atoms with Crippen LogP contribution >= 0.6 is 0 Å². The zero-order valence-electron chi connectivity index (χ0n) is 24.7. The van der Waals surface area contributed by atoms with E-state index in [0.717, 1.165) is 34.1 Å². The van der Waals surface area contributed by atoms with Gasteiger partial charge in [0.15, 0.2) is 0 Å².